The van der Waals surface area contributed by atoms with Gasteiger partial charge in [-0.15, -0.1) is 0 Å². The Morgan fingerprint density at radius 2 is 1.90 bits per heavy atom. The van der Waals surface area contributed by atoms with Crippen LogP contribution in [0.1, 0.15) is 30.0 Å². The molecule has 1 N–H and O–H groups in total. The second-order valence-electron chi connectivity index (χ2n) is 7.55. The molecule has 0 unspecified atom stereocenters. The fourth-order valence-corrected chi connectivity index (χ4v) is 4.80. The van der Waals surface area contributed by atoms with E-state index in [1.54, 1.807) is 11.8 Å². The molecule has 0 amide bonds. The summed E-state index contributed by atoms with van der Waals surface area (Å²) in [6.45, 7) is 1.87. The van der Waals surface area contributed by atoms with Gasteiger partial charge in [0.25, 0.3) is 0 Å². The molecule has 1 fully saturated rings. The Kier molecular flexibility index (Phi) is 6.72. The molecule has 1 aliphatic heterocycles. The summed E-state index contributed by atoms with van der Waals surface area (Å²) >= 11 is 7.34. The van der Waals surface area contributed by atoms with E-state index in [-0.39, 0.29) is 12.1 Å². The van der Waals surface area contributed by atoms with Gasteiger partial charge in [0.15, 0.2) is 10.2 Å². The third-order valence-electron chi connectivity index (χ3n) is 5.06. The van der Waals surface area contributed by atoms with Gasteiger partial charge in [0.05, 0.1) is 11.7 Å². The number of rotatable bonds is 8. The second kappa shape index (κ2) is 9.64. The Hall–Kier alpha value is -2.35. The number of aromatic nitrogens is 1. The summed E-state index contributed by atoms with van der Waals surface area (Å²) in [5.74, 6) is 0.904. The van der Waals surface area contributed by atoms with Crippen LogP contribution in [0.5, 0.6) is 0 Å². The van der Waals surface area contributed by atoms with E-state index in [9.17, 15) is 0 Å². The highest BCUT2D eigenvalue weighted by Crippen LogP contribution is 2.41. The van der Waals surface area contributed by atoms with Crippen LogP contribution in [0.3, 0.4) is 0 Å². The summed E-state index contributed by atoms with van der Waals surface area (Å²) in [7, 11) is 4.18. The maximum atomic E-state index is 6.31. The van der Waals surface area contributed by atoms with Crippen LogP contribution in [0.25, 0.3) is 0 Å². The van der Waals surface area contributed by atoms with Crippen molar-refractivity contribution in [3.8, 4) is 0 Å². The normalized spacial score (nSPS) is 18.8. The van der Waals surface area contributed by atoms with Gasteiger partial charge >= 0.3 is 0 Å². The smallest absolute Gasteiger partial charge is 0.170 e. The fraction of sp³-hybridized carbons (Fsp3) is 0.304. The minimum absolute atomic E-state index is 0.0281. The van der Waals surface area contributed by atoms with Gasteiger partial charge < -0.3 is 19.5 Å². The summed E-state index contributed by atoms with van der Waals surface area (Å²) in [5.41, 5.74) is 0.966. The van der Waals surface area contributed by atoms with E-state index in [4.69, 9.17) is 16.6 Å². The van der Waals surface area contributed by atoms with Gasteiger partial charge in [-0.05, 0) is 75.7 Å². The van der Waals surface area contributed by atoms with Crippen molar-refractivity contribution in [2.45, 2.75) is 28.5 Å². The van der Waals surface area contributed by atoms with Gasteiger partial charge in [-0.1, -0.05) is 36.0 Å². The summed E-state index contributed by atoms with van der Waals surface area (Å²) < 4.78 is 6.31. The van der Waals surface area contributed by atoms with E-state index < -0.39 is 0 Å². The van der Waals surface area contributed by atoms with E-state index in [0.717, 1.165) is 46.1 Å². The average Bonchev–Trinajstić information content (AvgIpc) is 3.33. The van der Waals surface area contributed by atoms with Gasteiger partial charge in [-0.25, -0.2) is 0 Å². The zero-order valence-corrected chi connectivity index (χ0v) is 18.8. The molecule has 3 heterocycles. The van der Waals surface area contributed by atoms with Crippen molar-refractivity contribution in [3.63, 3.8) is 0 Å². The van der Waals surface area contributed by atoms with Crippen LogP contribution in [0.2, 0.25) is 0 Å². The molecule has 0 radical (unpaired) electrons. The molecule has 4 rings (SSSR count). The quantitative estimate of drug-likeness (QED) is 0.509. The van der Waals surface area contributed by atoms with Gasteiger partial charge in [0.1, 0.15) is 11.8 Å². The van der Waals surface area contributed by atoms with Crippen LogP contribution in [-0.4, -0.2) is 47.1 Å². The molecule has 156 valence electrons. The van der Waals surface area contributed by atoms with E-state index in [2.05, 4.69) is 52.4 Å². The first kappa shape index (κ1) is 20.9. The highest BCUT2D eigenvalue weighted by Gasteiger charge is 2.41. The Bertz CT molecular complexity index is 962. The molecule has 0 bridgehead atoms. The number of furan rings is 1. The van der Waals surface area contributed by atoms with Crippen LogP contribution in [0.15, 0.2) is 81.3 Å². The lowest BCUT2D eigenvalue weighted by Gasteiger charge is -2.26. The molecule has 1 saturated heterocycles. The maximum Gasteiger partial charge on any atom is 0.170 e. The van der Waals surface area contributed by atoms with E-state index >= 15 is 0 Å². The van der Waals surface area contributed by atoms with Crippen LogP contribution in [0, 0.1) is 0 Å². The number of hydrogen-bond acceptors (Lipinski definition) is 5. The maximum absolute atomic E-state index is 6.31. The first-order valence-corrected chi connectivity index (χ1v) is 11.3. The predicted octanol–water partition coefficient (Wildman–Crippen LogP) is 4.75. The molecular formula is C23H26N4OS2. The number of nitrogens with one attached hydrogen (secondary N) is 1. The Labute approximate surface area is 187 Å². The molecule has 2 aromatic heterocycles. The van der Waals surface area contributed by atoms with Crippen molar-refractivity contribution >= 4 is 29.1 Å². The summed E-state index contributed by atoms with van der Waals surface area (Å²) in [5, 5.41) is 5.11. The van der Waals surface area contributed by atoms with Gasteiger partial charge in [0.2, 0.25) is 0 Å². The number of hydrogen-bond donors (Lipinski definition) is 1. The zero-order valence-electron chi connectivity index (χ0n) is 17.2. The van der Waals surface area contributed by atoms with Crippen molar-refractivity contribution in [3.05, 3.63) is 78.3 Å². The number of thiocarbonyl (C=S) groups is 1. The van der Waals surface area contributed by atoms with Crippen LogP contribution < -0.4 is 5.32 Å². The van der Waals surface area contributed by atoms with Crippen molar-refractivity contribution in [2.24, 2.45) is 0 Å². The molecule has 1 aliphatic rings. The molecular weight excluding hydrogens is 412 g/mol. The highest BCUT2D eigenvalue weighted by molar-refractivity contribution is 7.99. The van der Waals surface area contributed by atoms with Crippen molar-refractivity contribution < 1.29 is 4.42 Å². The lowest BCUT2D eigenvalue weighted by Crippen LogP contribution is -2.32. The molecule has 30 heavy (non-hydrogen) atoms. The topological polar surface area (TPSA) is 44.5 Å². The molecule has 0 saturated carbocycles. The van der Waals surface area contributed by atoms with Crippen LogP contribution in [-0.2, 0) is 0 Å². The predicted molar refractivity (Wildman–Crippen MR) is 125 cm³/mol. The first-order chi connectivity index (χ1) is 14.6. The minimum atomic E-state index is -0.0428. The van der Waals surface area contributed by atoms with E-state index in [1.807, 2.05) is 48.7 Å². The Morgan fingerprint density at radius 3 is 2.63 bits per heavy atom. The van der Waals surface area contributed by atoms with Crippen LogP contribution >= 0.6 is 24.0 Å². The molecule has 0 aliphatic carbocycles. The lowest BCUT2D eigenvalue weighted by atomic mass is 10.0. The standard InChI is InChI=1S/C23H26N4OS2/c1-26(2)15-8-16-27-22(21(25-23(27)29)18-11-6-7-14-24-18)19-12-13-20(28-19)30-17-9-4-3-5-10-17/h3-7,9-14,21-22H,8,15-16H2,1-2H3,(H,25,29)/t21-,22-/m0/s1. The third kappa shape index (κ3) is 4.86. The lowest BCUT2D eigenvalue weighted by molar-refractivity contribution is 0.249. The molecule has 1 aromatic carbocycles. The van der Waals surface area contributed by atoms with Crippen molar-refractivity contribution in [2.75, 3.05) is 27.2 Å². The average molecular weight is 439 g/mol. The molecule has 5 nitrogen and oxygen atoms in total. The monoisotopic (exact) mass is 438 g/mol. The molecule has 0 spiro atoms. The Morgan fingerprint density at radius 1 is 1.10 bits per heavy atom. The van der Waals surface area contributed by atoms with Gasteiger partial charge in [0, 0.05) is 17.6 Å². The fourth-order valence-electron chi connectivity index (χ4n) is 3.67. The third-order valence-corrected chi connectivity index (χ3v) is 6.34. The summed E-state index contributed by atoms with van der Waals surface area (Å²) in [4.78, 5) is 10.2. The van der Waals surface area contributed by atoms with Gasteiger partial charge in [-0.2, -0.15) is 0 Å². The van der Waals surface area contributed by atoms with Crippen molar-refractivity contribution in [1.82, 2.24) is 20.1 Å². The molecule has 3 aromatic rings. The van der Waals surface area contributed by atoms with Gasteiger partial charge in [-0.3, -0.25) is 4.98 Å². The molecule has 7 heteroatoms. The number of benzene rings is 1. The number of pyridine rings is 1. The van der Waals surface area contributed by atoms with Crippen molar-refractivity contribution in [1.29, 1.82) is 0 Å². The molecule has 2 atom stereocenters. The van der Waals surface area contributed by atoms with E-state index in [1.165, 1.54) is 0 Å². The Balaban J connectivity index is 1.60. The first-order valence-electron chi connectivity index (χ1n) is 10.1. The minimum Gasteiger partial charge on any atom is -0.452 e. The summed E-state index contributed by atoms with van der Waals surface area (Å²) in [6.07, 6.45) is 2.84. The number of nitrogens with zero attached hydrogens (tertiary/aromatic N) is 3. The largest absolute Gasteiger partial charge is 0.452 e. The zero-order chi connectivity index (χ0) is 20.9. The van der Waals surface area contributed by atoms with E-state index in [0.29, 0.717) is 0 Å². The van der Waals surface area contributed by atoms with Crippen LogP contribution in [0.4, 0.5) is 0 Å². The highest BCUT2D eigenvalue weighted by atomic mass is 32.2. The SMILES string of the molecule is CN(C)CCCN1C(=S)N[C@@H](c2ccccn2)[C@@H]1c1ccc(Sc2ccccc2)o1. The second-order valence-corrected chi connectivity index (χ2v) is 9.01. The summed E-state index contributed by atoms with van der Waals surface area (Å²) in [6, 6.07) is 20.3.